The summed E-state index contributed by atoms with van der Waals surface area (Å²) in [6.07, 6.45) is 1.22. The van der Waals surface area contributed by atoms with Crippen molar-refractivity contribution in [2.24, 2.45) is 4.99 Å². The topological polar surface area (TPSA) is 47.9 Å². The van der Waals surface area contributed by atoms with Crippen LogP contribution in [-0.2, 0) is 6.42 Å². The molecule has 0 unspecified atom stereocenters. The maximum absolute atomic E-state index is 12.5. The zero-order valence-electron chi connectivity index (χ0n) is 12.2. The fraction of sp³-hybridized carbons (Fsp3) is 0.294. The summed E-state index contributed by atoms with van der Waals surface area (Å²) in [7, 11) is 0. The zero-order valence-corrected chi connectivity index (χ0v) is 13.0. The summed E-state index contributed by atoms with van der Waals surface area (Å²) < 4.78 is 10.9. The summed E-state index contributed by atoms with van der Waals surface area (Å²) >= 11 is 1.50. The molecule has 1 aromatic heterocycles. The first-order chi connectivity index (χ1) is 10.7. The van der Waals surface area contributed by atoms with Gasteiger partial charge in [-0.2, -0.15) is 0 Å². The number of fused-ring (bicyclic) bond motifs is 2. The number of ketones is 1. The predicted molar refractivity (Wildman–Crippen MR) is 85.7 cm³/mol. The van der Waals surface area contributed by atoms with Gasteiger partial charge in [0.05, 0.1) is 17.0 Å². The maximum atomic E-state index is 12.5. The molecule has 3 heterocycles. The predicted octanol–water partition coefficient (Wildman–Crippen LogP) is 3.40. The second kappa shape index (κ2) is 5.25. The number of Topliss-reactive ketones (excluding diaryl/α,β-unsaturated/α-hetero) is 1. The molecular formula is C17H15NO3S. The molecule has 22 heavy (non-hydrogen) atoms. The molecule has 112 valence electrons. The number of hydrogen-bond donors (Lipinski definition) is 0. The molecule has 2 aliphatic heterocycles. The van der Waals surface area contributed by atoms with Crippen molar-refractivity contribution in [1.29, 1.82) is 0 Å². The first kappa shape index (κ1) is 13.5. The summed E-state index contributed by atoms with van der Waals surface area (Å²) in [5.41, 5.74) is 4.11. The molecule has 5 heteroatoms. The van der Waals surface area contributed by atoms with E-state index < -0.39 is 0 Å². The van der Waals surface area contributed by atoms with Crippen molar-refractivity contribution < 1.29 is 14.3 Å². The lowest BCUT2D eigenvalue weighted by atomic mass is 9.93. The highest BCUT2D eigenvalue weighted by Crippen LogP contribution is 2.36. The Kier molecular flexibility index (Phi) is 3.22. The molecule has 0 saturated heterocycles. The molecular weight excluding hydrogens is 298 g/mol. The van der Waals surface area contributed by atoms with E-state index in [1.807, 2.05) is 30.5 Å². The molecule has 4 rings (SSSR count). The van der Waals surface area contributed by atoms with E-state index in [4.69, 9.17) is 9.47 Å². The van der Waals surface area contributed by atoms with E-state index in [0.717, 1.165) is 46.2 Å². The molecule has 4 nitrogen and oxygen atoms in total. The van der Waals surface area contributed by atoms with E-state index in [1.54, 1.807) is 0 Å². The van der Waals surface area contributed by atoms with E-state index in [2.05, 4.69) is 4.99 Å². The fourth-order valence-corrected chi connectivity index (χ4v) is 3.76. The van der Waals surface area contributed by atoms with Crippen LogP contribution in [0.15, 0.2) is 28.6 Å². The van der Waals surface area contributed by atoms with E-state index >= 15 is 0 Å². The third-order valence-corrected chi connectivity index (χ3v) is 5.09. The van der Waals surface area contributed by atoms with Crippen LogP contribution in [0.1, 0.15) is 32.8 Å². The van der Waals surface area contributed by atoms with E-state index in [9.17, 15) is 4.79 Å². The Hall–Kier alpha value is -2.14. The lowest BCUT2D eigenvalue weighted by molar-refractivity contribution is 0.100. The Morgan fingerprint density at radius 3 is 2.91 bits per heavy atom. The van der Waals surface area contributed by atoms with Crippen molar-refractivity contribution in [3.8, 4) is 11.5 Å². The van der Waals surface area contributed by atoms with Gasteiger partial charge in [-0.1, -0.05) is 0 Å². The molecule has 0 amide bonds. The van der Waals surface area contributed by atoms with Crippen LogP contribution in [0, 0.1) is 6.92 Å². The second-order valence-electron chi connectivity index (χ2n) is 5.47. The Morgan fingerprint density at radius 1 is 1.32 bits per heavy atom. The van der Waals surface area contributed by atoms with Crippen molar-refractivity contribution in [3.63, 3.8) is 0 Å². The van der Waals surface area contributed by atoms with Crippen LogP contribution in [-0.4, -0.2) is 24.8 Å². The Morgan fingerprint density at radius 2 is 2.14 bits per heavy atom. The number of benzene rings is 1. The standard InChI is InChI=1S/C17H15NO3S/c1-10-3-5-22-17(10)14(19)8-13-12-7-16-15(20-9-21-16)6-11(12)2-4-18-13/h3,5-7H,2,4,8-9H2,1H3. The molecule has 0 saturated carbocycles. The number of carbonyl (C=O) groups excluding carboxylic acids is 1. The molecule has 2 aliphatic rings. The Balaban J connectivity index is 1.66. The summed E-state index contributed by atoms with van der Waals surface area (Å²) in [5.74, 6) is 1.67. The van der Waals surface area contributed by atoms with Crippen molar-refractivity contribution in [1.82, 2.24) is 0 Å². The van der Waals surface area contributed by atoms with Gasteiger partial charge in [0, 0.05) is 12.1 Å². The molecule has 0 fully saturated rings. The van der Waals surface area contributed by atoms with Crippen LogP contribution in [0.25, 0.3) is 0 Å². The van der Waals surface area contributed by atoms with Gasteiger partial charge < -0.3 is 9.47 Å². The third kappa shape index (κ3) is 2.22. The molecule has 0 bridgehead atoms. The van der Waals surface area contributed by atoms with Crippen LogP contribution >= 0.6 is 11.3 Å². The normalized spacial score (nSPS) is 15.4. The minimum absolute atomic E-state index is 0.136. The number of aliphatic imine (C=N–C) groups is 1. The largest absolute Gasteiger partial charge is 0.454 e. The van der Waals surface area contributed by atoms with Gasteiger partial charge in [0.25, 0.3) is 0 Å². The lowest BCUT2D eigenvalue weighted by Crippen LogP contribution is -2.16. The first-order valence-corrected chi connectivity index (χ1v) is 8.14. The number of carbonyl (C=O) groups is 1. The van der Waals surface area contributed by atoms with Crippen LogP contribution in [0.5, 0.6) is 11.5 Å². The highest BCUT2D eigenvalue weighted by molar-refractivity contribution is 7.12. The van der Waals surface area contributed by atoms with Gasteiger partial charge >= 0.3 is 0 Å². The van der Waals surface area contributed by atoms with Gasteiger partial charge in [0.2, 0.25) is 6.79 Å². The molecule has 2 aromatic rings. The minimum atomic E-state index is 0.136. The third-order valence-electron chi connectivity index (χ3n) is 4.04. The van der Waals surface area contributed by atoms with Crippen molar-refractivity contribution in [2.45, 2.75) is 19.8 Å². The van der Waals surface area contributed by atoms with Gasteiger partial charge in [-0.05, 0) is 48.1 Å². The lowest BCUT2D eigenvalue weighted by Gasteiger charge is -2.17. The van der Waals surface area contributed by atoms with Gasteiger partial charge in [-0.15, -0.1) is 11.3 Å². The number of aryl methyl sites for hydroxylation is 1. The Bertz CT molecular complexity index is 791. The van der Waals surface area contributed by atoms with E-state index in [0.29, 0.717) is 6.42 Å². The van der Waals surface area contributed by atoms with E-state index in [1.165, 1.54) is 16.9 Å². The van der Waals surface area contributed by atoms with Crippen LogP contribution in [0.3, 0.4) is 0 Å². The van der Waals surface area contributed by atoms with Gasteiger partial charge in [0.1, 0.15) is 0 Å². The van der Waals surface area contributed by atoms with Crippen molar-refractivity contribution in [3.05, 3.63) is 45.1 Å². The Labute approximate surface area is 132 Å². The molecule has 0 N–H and O–H groups in total. The zero-order chi connectivity index (χ0) is 15.1. The number of thiophene rings is 1. The number of rotatable bonds is 3. The molecule has 0 radical (unpaired) electrons. The van der Waals surface area contributed by atoms with Crippen LogP contribution in [0.4, 0.5) is 0 Å². The highest BCUT2D eigenvalue weighted by atomic mass is 32.1. The SMILES string of the molecule is Cc1ccsc1C(=O)CC1=NCCc2cc3c(cc21)OCO3. The average molecular weight is 313 g/mol. The van der Waals surface area contributed by atoms with Crippen LogP contribution in [0.2, 0.25) is 0 Å². The average Bonchev–Trinajstić information content (AvgIpc) is 3.13. The minimum Gasteiger partial charge on any atom is -0.454 e. The molecule has 0 aliphatic carbocycles. The summed E-state index contributed by atoms with van der Waals surface area (Å²) in [6.45, 7) is 2.95. The van der Waals surface area contributed by atoms with Gasteiger partial charge in [-0.3, -0.25) is 9.79 Å². The fourth-order valence-electron chi connectivity index (χ4n) is 2.90. The van der Waals surface area contributed by atoms with Gasteiger partial charge in [-0.25, -0.2) is 0 Å². The second-order valence-corrected chi connectivity index (χ2v) is 6.39. The molecule has 0 atom stereocenters. The quantitative estimate of drug-likeness (QED) is 0.816. The molecule has 0 spiro atoms. The summed E-state index contributed by atoms with van der Waals surface area (Å²) in [6, 6.07) is 5.96. The monoisotopic (exact) mass is 313 g/mol. The van der Waals surface area contributed by atoms with Crippen molar-refractivity contribution >= 4 is 22.8 Å². The first-order valence-electron chi connectivity index (χ1n) is 7.26. The number of nitrogens with zero attached hydrogens (tertiary/aromatic N) is 1. The number of hydrogen-bond acceptors (Lipinski definition) is 5. The highest BCUT2D eigenvalue weighted by Gasteiger charge is 2.24. The summed E-state index contributed by atoms with van der Waals surface area (Å²) in [5, 5.41) is 1.96. The maximum Gasteiger partial charge on any atom is 0.231 e. The van der Waals surface area contributed by atoms with E-state index in [-0.39, 0.29) is 12.6 Å². The molecule has 1 aromatic carbocycles. The summed E-state index contributed by atoms with van der Waals surface area (Å²) in [4.78, 5) is 17.9. The number of ether oxygens (including phenoxy) is 2. The van der Waals surface area contributed by atoms with Gasteiger partial charge in [0.15, 0.2) is 17.3 Å². The smallest absolute Gasteiger partial charge is 0.231 e. The van der Waals surface area contributed by atoms with Crippen molar-refractivity contribution in [2.75, 3.05) is 13.3 Å². The van der Waals surface area contributed by atoms with Crippen LogP contribution < -0.4 is 9.47 Å².